The van der Waals surface area contributed by atoms with Gasteiger partial charge in [-0.05, 0) is 147 Å². The second-order valence-electron chi connectivity index (χ2n) is 20.5. The molecule has 2 aliphatic heterocycles. The lowest BCUT2D eigenvalue weighted by Crippen LogP contribution is -2.65. The van der Waals surface area contributed by atoms with Crippen LogP contribution in [-0.2, 0) is 16.2 Å². The predicted octanol–water partition coefficient (Wildman–Crippen LogP) is 11.2. The minimum atomic E-state index is -0.156. The van der Waals surface area contributed by atoms with Crippen molar-refractivity contribution < 1.29 is 5.11 Å². The fraction of sp³-hybridized carbons (Fsp3) is 0.857. The van der Waals surface area contributed by atoms with E-state index in [4.69, 9.17) is 0 Å². The number of phenols is 1. The number of rotatable bonds is 8. The van der Waals surface area contributed by atoms with Crippen LogP contribution in [0, 0.1) is 17.8 Å². The third-order valence-electron chi connectivity index (χ3n) is 13.1. The summed E-state index contributed by atoms with van der Waals surface area (Å²) in [6, 6.07) is 5.02. The van der Waals surface area contributed by atoms with Crippen LogP contribution in [0.3, 0.4) is 0 Å². The topological polar surface area (TPSA) is 26.7 Å². The van der Waals surface area contributed by atoms with Crippen molar-refractivity contribution in [3.05, 3.63) is 28.8 Å². The Kier molecular flexibility index (Phi) is 10.6. The first-order valence-electron chi connectivity index (χ1n) is 18.5. The van der Waals surface area contributed by atoms with Crippen LogP contribution < -0.4 is 0 Å². The fourth-order valence-electron chi connectivity index (χ4n) is 10.0. The van der Waals surface area contributed by atoms with E-state index >= 15 is 0 Å². The summed E-state index contributed by atoms with van der Waals surface area (Å²) in [5.41, 5.74) is 3.81. The van der Waals surface area contributed by atoms with Crippen molar-refractivity contribution in [2.45, 2.75) is 201 Å². The zero-order valence-corrected chi connectivity index (χ0v) is 33.4. The van der Waals surface area contributed by atoms with Crippen molar-refractivity contribution in [3.8, 4) is 5.75 Å². The summed E-state index contributed by atoms with van der Waals surface area (Å²) in [5, 5.41) is 12.0. The van der Waals surface area contributed by atoms with E-state index in [0.717, 1.165) is 11.1 Å². The normalized spacial score (nSPS) is 24.1. The van der Waals surface area contributed by atoms with E-state index in [1.807, 2.05) is 0 Å². The summed E-state index contributed by atoms with van der Waals surface area (Å²) in [6.07, 6.45) is 9.81. The maximum atomic E-state index is 12.0. The molecule has 0 aromatic heterocycles. The number of piperidine rings is 2. The zero-order valence-electron chi connectivity index (χ0n) is 33.4. The van der Waals surface area contributed by atoms with Gasteiger partial charge in [0.05, 0.1) is 0 Å². The van der Waals surface area contributed by atoms with E-state index in [0.29, 0.717) is 23.5 Å². The lowest BCUT2D eigenvalue weighted by atomic mass is 9.49. The molecule has 1 unspecified atom stereocenters. The monoisotopic (exact) mass is 625 g/mol. The van der Waals surface area contributed by atoms with Gasteiger partial charge < -0.3 is 5.11 Å². The molecule has 45 heavy (non-hydrogen) atoms. The number of unbranched alkanes of at least 4 members (excludes halogenated alkanes) is 1. The number of aromatic hydroxyl groups is 1. The second kappa shape index (κ2) is 12.4. The van der Waals surface area contributed by atoms with Gasteiger partial charge in [-0.15, -0.1) is 0 Å². The van der Waals surface area contributed by atoms with E-state index in [-0.39, 0.29) is 38.4 Å². The van der Waals surface area contributed by atoms with Gasteiger partial charge in [-0.2, -0.15) is 0 Å². The molecule has 2 saturated heterocycles. The third-order valence-corrected chi connectivity index (χ3v) is 13.1. The van der Waals surface area contributed by atoms with Crippen molar-refractivity contribution >= 4 is 0 Å². The number of likely N-dealkylation sites (tertiary alicyclic amines) is 2. The number of hydrogen-bond acceptors (Lipinski definition) is 3. The fourth-order valence-corrected chi connectivity index (χ4v) is 10.0. The number of phenolic OH excluding ortho intramolecular Hbond substituents is 1. The van der Waals surface area contributed by atoms with E-state index in [9.17, 15) is 5.11 Å². The Morgan fingerprint density at radius 2 is 1.04 bits per heavy atom. The molecule has 0 radical (unpaired) electrons. The largest absolute Gasteiger partial charge is 0.507 e. The Balaban J connectivity index is 2.53. The number of hydrogen-bond donors (Lipinski definition) is 1. The minimum absolute atomic E-state index is 0.00748. The molecule has 3 rings (SSSR count). The molecule has 0 amide bonds. The number of nitrogens with zero attached hydrogens (tertiary/aromatic N) is 2. The summed E-state index contributed by atoms with van der Waals surface area (Å²) in [6.45, 7) is 38.5. The smallest absolute Gasteiger partial charge is 0.123 e. The van der Waals surface area contributed by atoms with Gasteiger partial charge in [0, 0.05) is 27.6 Å². The van der Waals surface area contributed by atoms with Crippen LogP contribution in [0.4, 0.5) is 0 Å². The van der Waals surface area contributed by atoms with Gasteiger partial charge in [0.1, 0.15) is 5.75 Å². The van der Waals surface area contributed by atoms with Crippen molar-refractivity contribution in [2.24, 2.45) is 17.8 Å². The molecule has 0 aliphatic carbocycles. The molecule has 0 spiro atoms. The Morgan fingerprint density at radius 3 is 1.33 bits per heavy atom. The highest BCUT2D eigenvalue weighted by atomic mass is 16.3. The van der Waals surface area contributed by atoms with Crippen molar-refractivity contribution in [1.82, 2.24) is 9.80 Å². The lowest BCUT2D eigenvalue weighted by Gasteiger charge is -2.64. The molecule has 2 aliphatic rings. The van der Waals surface area contributed by atoms with Crippen LogP contribution in [0.2, 0.25) is 0 Å². The van der Waals surface area contributed by atoms with Gasteiger partial charge in [-0.3, -0.25) is 9.80 Å². The molecular weight excluding hydrogens is 548 g/mol. The van der Waals surface area contributed by atoms with E-state index < -0.39 is 0 Å². The summed E-state index contributed by atoms with van der Waals surface area (Å²) in [4.78, 5) is 5.34. The standard InChI is InChI=1S/C42H76N2O/c1-19-20-21-29(2)24-42(31-25-38(9,10)43(17)39(11,12)26-31,32-27-40(13,14)44(18)41(15,16)28-32)30-22-33(36(3,4)5)35(45)34(23-30)37(6,7)8/h22-23,29,31-32,45H,19-21,24-28H2,1-18H3. The SMILES string of the molecule is CCCCC(C)CC(c1cc(C(C)(C)C)c(O)c(C(C)(C)C)c1)(C1CC(C)(C)N(C)C(C)(C)C1)C1CC(C)(C)N(C)C(C)(C)C1. The first kappa shape index (κ1) is 38.4. The molecule has 1 atom stereocenters. The average Bonchev–Trinajstić information content (AvgIpc) is 2.85. The molecule has 2 fully saturated rings. The minimum Gasteiger partial charge on any atom is -0.507 e. The zero-order chi connectivity index (χ0) is 34.8. The lowest BCUT2D eigenvalue weighted by molar-refractivity contribution is -0.1000. The molecule has 0 saturated carbocycles. The molecular formula is C42H76N2O. The maximum absolute atomic E-state index is 12.0. The molecule has 0 bridgehead atoms. The van der Waals surface area contributed by atoms with Crippen molar-refractivity contribution in [2.75, 3.05) is 14.1 Å². The summed E-state index contributed by atoms with van der Waals surface area (Å²) < 4.78 is 0. The molecule has 3 heteroatoms. The highest BCUT2D eigenvalue weighted by Gasteiger charge is 2.58. The van der Waals surface area contributed by atoms with Crippen molar-refractivity contribution in [3.63, 3.8) is 0 Å². The van der Waals surface area contributed by atoms with Gasteiger partial charge in [0.25, 0.3) is 0 Å². The van der Waals surface area contributed by atoms with Crippen LogP contribution >= 0.6 is 0 Å². The highest BCUT2D eigenvalue weighted by Crippen LogP contribution is 2.60. The summed E-state index contributed by atoms with van der Waals surface area (Å²) in [7, 11) is 4.72. The maximum Gasteiger partial charge on any atom is 0.123 e. The molecule has 260 valence electrons. The Morgan fingerprint density at radius 1 is 0.711 bits per heavy atom. The Labute approximate surface area is 281 Å². The highest BCUT2D eigenvalue weighted by molar-refractivity contribution is 5.52. The molecule has 1 N–H and O–H groups in total. The van der Waals surface area contributed by atoms with E-state index in [1.54, 1.807) is 0 Å². The molecule has 2 heterocycles. The van der Waals surface area contributed by atoms with E-state index in [2.05, 4.69) is 147 Å². The van der Waals surface area contributed by atoms with Crippen LogP contribution in [0.5, 0.6) is 5.75 Å². The van der Waals surface area contributed by atoms with Gasteiger partial charge in [0.15, 0.2) is 0 Å². The summed E-state index contributed by atoms with van der Waals surface area (Å²) in [5.74, 6) is 2.22. The molecule has 3 nitrogen and oxygen atoms in total. The van der Waals surface area contributed by atoms with Crippen LogP contribution in [0.25, 0.3) is 0 Å². The molecule has 1 aromatic rings. The van der Waals surface area contributed by atoms with Crippen LogP contribution in [0.15, 0.2) is 12.1 Å². The van der Waals surface area contributed by atoms with E-state index in [1.165, 1.54) is 56.9 Å². The van der Waals surface area contributed by atoms with Gasteiger partial charge in [0.2, 0.25) is 0 Å². The molecule has 1 aromatic carbocycles. The van der Waals surface area contributed by atoms with Gasteiger partial charge >= 0.3 is 0 Å². The Hall–Kier alpha value is -1.06. The van der Waals surface area contributed by atoms with Crippen LogP contribution in [0.1, 0.15) is 179 Å². The number of benzene rings is 1. The average molecular weight is 625 g/mol. The second-order valence-corrected chi connectivity index (χ2v) is 20.5. The van der Waals surface area contributed by atoms with Gasteiger partial charge in [-0.25, -0.2) is 0 Å². The first-order chi connectivity index (χ1) is 20.1. The quantitative estimate of drug-likeness (QED) is 0.312. The van der Waals surface area contributed by atoms with Crippen molar-refractivity contribution in [1.29, 1.82) is 0 Å². The van der Waals surface area contributed by atoms with Gasteiger partial charge in [-0.1, -0.05) is 86.8 Å². The first-order valence-corrected chi connectivity index (χ1v) is 18.5. The summed E-state index contributed by atoms with van der Waals surface area (Å²) >= 11 is 0. The Bertz CT molecular complexity index is 1060. The predicted molar refractivity (Wildman–Crippen MR) is 198 cm³/mol. The third kappa shape index (κ3) is 7.50. The van der Waals surface area contributed by atoms with Crippen LogP contribution in [-0.4, -0.2) is 51.2 Å².